The van der Waals surface area contributed by atoms with Gasteiger partial charge in [0.1, 0.15) is 12.6 Å². The van der Waals surface area contributed by atoms with Crippen molar-refractivity contribution >= 4 is 17.9 Å². The fourth-order valence-electron chi connectivity index (χ4n) is 8.02. The van der Waals surface area contributed by atoms with Crippen LogP contribution in [-0.2, 0) is 28.6 Å². The number of carboxylic acids is 1. The summed E-state index contributed by atoms with van der Waals surface area (Å²) >= 11 is 0. The molecule has 0 radical (unpaired) electrons. The maximum atomic E-state index is 12.7. The van der Waals surface area contributed by atoms with Crippen LogP contribution in [-0.4, -0.2) is 75.5 Å². The molecule has 0 saturated carbocycles. The first-order valence-electron chi connectivity index (χ1n) is 25.6. The predicted octanol–water partition coefficient (Wildman–Crippen LogP) is 13.1. The number of carbonyl (C=O) groups excluding carboxylic acids is 3. The number of carbonyl (C=O) groups is 3. The fraction of sp³-hybridized carbons (Fsp3) is 0.941. The third-order valence-corrected chi connectivity index (χ3v) is 12.0. The first kappa shape index (κ1) is 57.3. The van der Waals surface area contributed by atoms with E-state index in [0.717, 1.165) is 38.5 Å². The molecule has 2 atom stereocenters. The van der Waals surface area contributed by atoms with E-state index in [4.69, 9.17) is 14.2 Å². The molecule has 0 rings (SSSR count). The summed E-state index contributed by atoms with van der Waals surface area (Å²) in [5.74, 6) is -1.71. The average molecular weight is 838 g/mol. The maximum absolute atomic E-state index is 12.7. The van der Waals surface area contributed by atoms with Gasteiger partial charge in [0.15, 0.2) is 6.10 Å². The number of likely N-dealkylation sites (N-methyl/N-ethyl adjacent to an activating group) is 1. The van der Waals surface area contributed by atoms with Crippen molar-refractivity contribution < 1.29 is 38.2 Å². The first-order chi connectivity index (χ1) is 28.6. The molecule has 0 spiro atoms. The lowest BCUT2D eigenvalue weighted by molar-refractivity contribution is -0.889. The monoisotopic (exact) mass is 838 g/mol. The number of ether oxygens (including phenoxy) is 3. The normalized spacial score (nSPS) is 12.8. The highest BCUT2D eigenvalue weighted by Crippen LogP contribution is 2.17. The number of hydrogen-bond donors (Lipinski definition) is 0. The van der Waals surface area contributed by atoms with E-state index in [1.807, 2.05) is 21.1 Å². The van der Waals surface area contributed by atoms with Gasteiger partial charge >= 0.3 is 11.9 Å². The van der Waals surface area contributed by atoms with E-state index < -0.39 is 18.1 Å². The van der Waals surface area contributed by atoms with Crippen molar-refractivity contribution in [1.82, 2.24) is 0 Å². The Morgan fingerprint density at radius 2 is 0.746 bits per heavy atom. The molecule has 8 heteroatoms. The van der Waals surface area contributed by atoms with E-state index in [1.165, 1.54) is 186 Å². The highest BCUT2D eigenvalue weighted by atomic mass is 16.6. The summed E-state index contributed by atoms with van der Waals surface area (Å²) in [5.41, 5.74) is 0. The lowest BCUT2D eigenvalue weighted by Crippen LogP contribution is -2.55. The topological polar surface area (TPSA) is 102 Å². The molecule has 350 valence electrons. The van der Waals surface area contributed by atoms with Gasteiger partial charge in [-0.2, -0.15) is 0 Å². The van der Waals surface area contributed by atoms with Crippen LogP contribution in [0.4, 0.5) is 0 Å². The number of carboxylic acid groups (broad SMARTS) is 1. The number of hydrogen-bond acceptors (Lipinski definition) is 7. The minimum atomic E-state index is -1.12. The van der Waals surface area contributed by atoms with Crippen molar-refractivity contribution in [3.63, 3.8) is 0 Å². The van der Waals surface area contributed by atoms with Crippen LogP contribution < -0.4 is 5.11 Å². The smallest absolute Gasteiger partial charge is 0.306 e. The summed E-state index contributed by atoms with van der Waals surface area (Å²) in [6.45, 7) is 4.71. The van der Waals surface area contributed by atoms with Crippen LogP contribution in [0.1, 0.15) is 258 Å². The summed E-state index contributed by atoms with van der Waals surface area (Å²) in [6.07, 6.45) is 45.7. The number of aliphatic carboxylic acids is 1. The number of nitrogens with zero attached hydrogens (tertiary/aromatic N) is 1. The predicted molar refractivity (Wildman–Crippen MR) is 245 cm³/mol. The summed E-state index contributed by atoms with van der Waals surface area (Å²) in [7, 11) is 5.43. The van der Waals surface area contributed by atoms with Crippen molar-refractivity contribution in [2.24, 2.45) is 0 Å². The molecule has 8 nitrogen and oxygen atoms in total. The summed E-state index contributed by atoms with van der Waals surface area (Å²) in [4.78, 5) is 36.9. The Morgan fingerprint density at radius 1 is 0.441 bits per heavy atom. The van der Waals surface area contributed by atoms with Crippen molar-refractivity contribution in [1.29, 1.82) is 0 Å². The molecular weight excluding hydrogens is 739 g/mol. The molecule has 0 bridgehead atoms. The molecule has 0 amide bonds. The van der Waals surface area contributed by atoms with E-state index >= 15 is 0 Å². The molecule has 0 aromatic rings. The summed E-state index contributed by atoms with van der Waals surface area (Å²) < 4.78 is 17.2. The van der Waals surface area contributed by atoms with Crippen LogP contribution in [0.25, 0.3) is 0 Å². The second kappa shape index (κ2) is 43.0. The standard InChI is InChI=1S/C51H99NO7/c1-6-8-10-12-14-16-18-20-21-22-23-24-25-26-27-28-29-30-32-33-35-37-39-41-49(53)58-46-47(45-57-44-43-48(51(55)56)52(3,4)5)59-50(54)42-40-38-36-34-31-19-17-15-13-11-9-7-2/h47-48H,6-46H2,1-5H3. The van der Waals surface area contributed by atoms with Gasteiger partial charge in [0, 0.05) is 19.3 Å². The lowest BCUT2D eigenvalue weighted by Gasteiger charge is -2.34. The Morgan fingerprint density at radius 3 is 1.05 bits per heavy atom. The van der Waals surface area contributed by atoms with Gasteiger partial charge < -0.3 is 28.6 Å². The van der Waals surface area contributed by atoms with Gasteiger partial charge in [0.05, 0.1) is 40.3 Å². The van der Waals surface area contributed by atoms with Crippen LogP contribution in [0.15, 0.2) is 0 Å². The fourth-order valence-corrected chi connectivity index (χ4v) is 8.02. The van der Waals surface area contributed by atoms with E-state index in [0.29, 0.717) is 12.8 Å². The molecule has 0 saturated heterocycles. The Balaban J connectivity index is 4.10. The third kappa shape index (κ3) is 41.5. The van der Waals surface area contributed by atoms with E-state index in [-0.39, 0.29) is 42.7 Å². The molecule has 0 aromatic heterocycles. The molecule has 59 heavy (non-hydrogen) atoms. The van der Waals surface area contributed by atoms with Gasteiger partial charge in [-0.1, -0.05) is 226 Å². The van der Waals surface area contributed by atoms with Crippen molar-refractivity contribution in [3.05, 3.63) is 0 Å². The number of esters is 2. The van der Waals surface area contributed by atoms with Gasteiger partial charge in [-0.05, 0) is 12.8 Å². The number of rotatable bonds is 47. The van der Waals surface area contributed by atoms with E-state index in [9.17, 15) is 19.5 Å². The zero-order valence-corrected chi connectivity index (χ0v) is 40.0. The maximum Gasteiger partial charge on any atom is 0.306 e. The molecule has 0 fully saturated rings. The minimum Gasteiger partial charge on any atom is -0.544 e. The van der Waals surface area contributed by atoms with Crippen molar-refractivity contribution in [2.45, 2.75) is 270 Å². The largest absolute Gasteiger partial charge is 0.544 e. The molecule has 0 aliphatic carbocycles. The third-order valence-electron chi connectivity index (χ3n) is 12.0. The SMILES string of the molecule is CCCCCCCCCCCCCCCCCCCCCCCCCC(=O)OCC(COCCC(C(=O)[O-])[N+](C)(C)C)OC(=O)CCCCCCCCCCCCCC. The van der Waals surface area contributed by atoms with E-state index in [1.54, 1.807) is 0 Å². The Labute approximate surface area is 366 Å². The van der Waals surface area contributed by atoms with Crippen molar-refractivity contribution in [3.8, 4) is 0 Å². The Bertz CT molecular complexity index is 936. The van der Waals surface area contributed by atoms with Gasteiger partial charge in [-0.25, -0.2) is 0 Å². The minimum absolute atomic E-state index is 0.0494. The quantitative estimate of drug-likeness (QED) is 0.0342. The number of unbranched alkanes of at least 4 members (excludes halogenated alkanes) is 33. The highest BCUT2D eigenvalue weighted by Gasteiger charge is 2.25. The van der Waals surface area contributed by atoms with Gasteiger partial charge in [-0.15, -0.1) is 0 Å². The molecule has 0 aliphatic heterocycles. The second-order valence-corrected chi connectivity index (χ2v) is 18.8. The second-order valence-electron chi connectivity index (χ2n) is 18.8. The van der Waals surface area contributed by atoms with Crippen LogP contribution >= 0.6 is 0 Å². The van der Waals surface area contributed by atoms with Crippen molar-refractivity contribution in [2.75, 3.05) is 41.0 Å². The molecule has 2 unspecified atom stereocenters. The van der Waals surface area contributed by atoms with Crippen LogP contribution in [0.5, 0.6) is 0 Å². The molecule has 0 N–H and O–H groups in total. The zero-order chi connectivity index (χ0) is 43.5. The molecule has 0 aliphatic rings. The lowest BCUT2D eigenvalue weighted by atomic mass is 10.0. The van der Waals surface area contributed by atoms with E-state index in [2.05, 4.69) is 13.8 Å². The summed E-state index contributed by atoms with van der Waals surface area (Å²) in [6, 6.07) is -0.719. The van der Waals surface area contributed by atoms with Gasteiger partial charge in [0.2, 0.25) is 0 Å². The van der Waals surface area contributed by atoms with Gasteiger partial charge in [-0.3, -0.25) is 9.59 Å². The Hall–Kier alpha value is -1.67. The molecule has 0 aromatic carbocycles. The molecule has 0 heterocycles. The highest BCUT2D eigenvalue weighted by molar-refractivity contribution is 5.70. The molecular formula is C51H99NO7. The van der Waals surface area contributed by atoms with Gasteiger partial charge in [0.25, 0.3) is 0 Å². The van der Waals surface area contributed by atoms with Crippen LogP contribution in [0.2, 0.25) is 0 Å². The summed E-state index contributed by atoms with van der Waals surface area (Å²) in [5, 5.41) is 11.6. The van der Waals surface area contributed by atoms with Crippen LogP contribution in [0, 0.1) is 0 Å². The van der Waals surface area contributed by atoms with Crippen LogP contribution in [0.3, 0.4) is 0 Å². The zero-order valence-electron chi connectivity index (χ0n) is 40.0. The average Bonchev–Trinajstić information content (AvgIpc) is 3.19. The number of quaternary nitrogens is 1. The first-order valence-corrected chi connectivity index (χ1v) is 25.6. The Kier molecular flexibility index (Phi) is 41.8.